The van der Waals surface area contributed by atoms with Crippen molar-refractivity contribution in [2.24, 2.45) is 0 Å². The summed E-state index contributed by atoms with van der Waals surface area (Å²) >= 11 is 0. The van der Waals surface area contributed by atoms with Gasteiger partial charge >= 0.3 is 0 Å². The van der Waals surface area contributed by atoms with Crippen LogP contribution in [0.25, 0.3) is 0 Å². The van der Waals surface area contributed by atoms with Gasteiger partial charge in [-0.25, -0.2) is 0 Å². The minimum absolute atomic E-state index is 0.0645. The van der Waals surface area contributed by atoms with Crippen molar-refractivity contribution >= 4 is 5.91 Å². The van der Waals surface area contributed by atoms with Gasteiger partial charge in [-0.05, 0) is 59.4 Å². The van der Waals surface area contributed by atoms with Crippen molar-refractivity contribution in [2.75, 3.05) is 6.61 Å². The molecule has 0 aliphatic carbocycles. The highest BCUT2D eigenvalue weighted by atomic mass is 16.6. The summed E-state index contributed by atoms with van der Waals surface area (Å²) in [7, 11) is 0. The van der Waals surface area contributed by atoms with Gasteiger partial charge < -0.3 is 45.0 Å². The first-order valence-electron chi connectivity index (χ1n) is 13.5. The lowest BCUT2D eigenvalue weighted by Crippen LogP contribution is -2.64. The number of carbonyl (C=O) groups is 1. The van der Waals surface area contributed by atoms with E-state index < -0.39 is 54.9 Å². The molecule has 10 heteroatoms. The molecule has 0 saturated carbocycles. The summed E-state index contributed by atoms with van der Waals surface area (Å²) in [6.45, 7) is 7.36. The van der Waals surface area contributed by atoms with Crippen molar-refractivity contribution in [3.05, 3.63) is 46.1 Å². The van der Waals surface area contributed by atoms with Gasteiger partial charge in [0.25, 0.3) is 5.91 Å². The molecular weight excluding hydrogens is 506 g/mol. The summed E-state index contributed by atoms with van der Waals surface area (Å²) < 4.78 is 11.6. The number of phenolic OH excluding ortho intramolecular Hbond substituents is 1. The van der Waals surface area contributed by atoms with Crippen LogP contribution in [-0.4, -0.2) is 90.4 Å². The molecule has 1 saturated heterocycles. The second-order valence-electron chi connectivity index (χ2n) is 11.4. The summed E-state index contributed by atoms with van der Waals surface area (Å²) in [5, 5.41) is 62.6. The number of nitrogens with zero attached hydrogens (tertiary/aromatic N) is 1. The van der Waals surface area contributed by atoms with Crippen molar-refractivity contribution in [2.45, 2.75) is 109 Å². The van der Waals surface area contributed by atoms with Crippen molar-refractivity contribution in [3.63, 3.8) is 0 Å². The Morgan fingerprint density at radius 1 is 1.10 bits per heavy atom. The molecule has 3 aliphatic rings. The van der Waals surface area contributed by atoms with Crippen LogP contribution in [0.5, 0.6) is 11.5 Å². The molecule has 39 heavy (non-hydrogen) atoms. The Morgan fingerprint density at radius 3 is 2.49 bits per heavy atom. The summed E-state index contributed by atoms with van der Waals surface area (Å²) in [5.41, 5.74) is 2.57. The zero-order valence-corrected chi connectivity index (χ0v) is 23.0. The number of carbonyl (C=O) groups excluding carboxylic acids is 1. The second kappa shape index (κ2) is 11.6. The van der Waals surface area contributed by atoms with Crippen LogP contribution < -0.4 is 4.74 Å². The molecule has 3 aliphatic heterocycles. The number of fused-ring (bicyclic) bond motifs is 3. The van der Waals surface area contributed by atoms with E-state index in [0.717, 1.165) is 12.8 Å². The maximum Gasteiger partial charge on any atom is 0.255 e. The first kappa shape index (κ1) is 29.5. The molecular formula is C29H41NO9. The lowest BCUT2D eigenvalue weighted by Gasteiger charge is -2.44. The molecule has 0 bridgehead atoms. The molecule has 6 N–H and O–H groups in total. The molecule has 216 valence electrons. The number of allylic oxidation sites excluding steroid dienone is 4. The number of benzene rings is 1. The highest BCUT2D eigenvalue weighted by Gasteiger charge is 2.51. The topological polar surface area (TPSA) is 160 Å². The number of amides is 1. The Labute approximate surface area is 228 Å². The molecule has 1 fully saturated rings. The molecule has 7 atom stereocenters. The third-order valence-corrected chi connectivity index (χ3v) is 8.17. The highest BCUT2D eigenvalue weighted by Crippen LogP contribution is 2.47. The van der Waals surface area contributed by atoms with E-state index in [1.54, 1.807) is 0 Å². The summed E-state index contributed by atoms with van der Waals surface area (Å²) in [5.74, 6) is -0.445. The number of hydrogen-bond donors (Lipinski definition) is 6. The quantitative estimate of drug-likeness (QED) is 0.266. The molecule has 0 radical (unpaired) electrons. The molecule has 1 aromatic carbocycles. The van der Waals surface area contributed by atoms with Gasteiger partial charge in [-0.2, -0.15) is 0 Å². The predicted molar refractivity (Wildman–Crippen MR) is 142 cm³/mol. The summed E-state index contributed by atoms with van der Waals surface area (Å²) in [6, 6.07) is 0.00365. The van der Waals surface area contributed by atoms with E-state index in [9.17, 15) is 35.4 Å². The van der Waals surface area contributed by atoms with E-state index in [1.165, 1.54) is 22.1 Å². The van der Waals surface area contributed by atoms with Crippen molar-refractivity contribution in [1.82, 2.24) is 4.90 Å². The van der Waals surface area contributed by atoms with Gasteiger partial charge in [-0.1, -0.05) is 23.3 Å². The average Bonchev–Trinajstić information content (AvgIpc) is 3.18. The molecule has 1 amide bonds. The van der Waals surface area contributed by atoms with Crippen LogP contribution in [-0.2, 0) is 17.7 Å². The standard InChI is InChI=1S/C29H41NO9/c1-15(2)7-5-8-16(3)9-6-10-29(4)22(33)12-18-20(32)11-17-19(26(18)39-29)13-30(27(17)36)23-25(35)24(34)21(14-31)38-28(23)37/h7,9,11,21-25,28,31-35,37H,5-6,8,10,12-14H2,1-4H3/b16-9+/t21-,22-,23?,24-,25-,28?,29+/m1/s1. The molecule has 4 rings (SSSR count). The molecule has 3 heterocycles. The number of rotatable bonds is 8. The number of aromatic hydroxyl groups is 1. The monoisotopic (exact) mass is 547 g/mol. The SMILES string of the molecule is CC(C)=CCC/C(C)=C/CC[C@]1(C)Oc2c(c(O)cc3c2CN(C2C(O)O[C@H](CO)[C@@H](O)[C@@H]2O)C3=O)C[C@H]1O. The minimum atomic E-state index is -1.65. The maximum atomic E-state index is 13.4. The fourth-order valence-corrected chi connectivity index (χ4v) is 5.68. The number of phenols is 1. The second-order valence-corrected chi connectivity index (χ2v) is 11.4. The molecule has 2 unspecified atom stereocenters. The summed E-state index contributed by atoms with van der Waals surface area (Å²) in [6.07, 6.45) is 0.760. The first-order chi connectivity index (χ1) is 18.4. The van der Waals surface area contributed by atoms with Gasteiger partial charge in [0.05, 0.1) is 24.8 Å². The van der Waals surface area contributed by atoms with Crippen LogP contribution in [0.3, 0.4) is 0 Å². The van der Waals surface area contributed by atoms with E-state index in [-0.39, 0.29) is 24.3 Å². The Kier molecular flexibility index (Phi) is 8.75. The van der Waals surface area contributed by atoms with Gasteiger partial charge in [-0.15, -0.1) is 0 Å². The van der Waals surface area contributed by atoms with Crippen LogP contribution >= 0.6 is 0 Å². The van der Waals surface area contributed by atoms with Crippen molar-refractivity contribution in [3.8, 4) is 11.5 Å². The van der Waals surface area contributed by atoms with Crippen LogP contribution in [0.1, 0.15) is 74.9 Å². The fraction of sp³-hybridized carbons (Fsp3) is 0.621. The Hall–Kier alpha value is -2.47. The lowest BCUT2D eigenvalue weighted by molar-refractivity contribution is -0.268. The van der Waals surface area contributed by atoms with E-state index in [4.69, 9.17) is 9.47 Å². The van der Waals surface area contributed by atoms with Crippen LogP contribution in [0.4, 0.5) is 0 Å². The Balaban J connectivity index is 1.55. The zero-order valence-electron chi connectivity index (χ0n) is 23.0. The van der Waals surface area contributed by atoms with E-state index in [1.807, 2.05) is 6.92 Å². The van der Waals surface area contributed by atoms with Gasteiger partial charge in [-0.3, -0.25) is 4.79 Å². The molecule has 1 aromatic rings. The molecule has 10 nitrogen and oxygen atoms in total. The largest absolute Gasteiger partial charge is 0.508 e. The summed E-state index contributed by atoms with van der Waals surface area (Å²) in [4.78, 5) is 14.6. The number of hydrogen-bond acceptors (Lipinski definition) is 9. The van der Waals surface area contributed by atoms with E-state index in [2.05, 4.69) is 32.9 Å². The third kappa shape index (κ3) is 5.73. The van der Waals surface area contributed by atoms with Crippen molar-refractivity contribution in [1.29, 1.82) is 0 Å². The zero-order chi connectivity index (χ0) is 28.6. The first-order valence-corrected chi connectivity index (χ1v) is 13.5. The molecule has 0 aromatic heterocycles. The maximum absolute atomic E-state index is 13.4. The number of aliphatic hydroxyl groups excluding tert-OH is 5. The van der Waals surface area contributed by atoms with Gasteiger partial charge in [0, 0.05) is 17.5 Å². The number of ether oxygens (including phenoxy) is 2. The number of aliphatic hydroxyl groups is 5. The van der Waals surface area contributed by atoms with Gasteiger partial charge in [0.15, 0.2) is 6.29 Å². The van der Waals surface area contributed by atoms with Crippen molar-refractivity contribution < 1.29 is 44.9 Å². The minimum Gasteiger partial charge on any atom is -0.508 e. The Morgan fingerprint density at radius 2 is 1.82 bits per heavy atom. The van der Waals surface area contributed by atoms with Gasteiger partial charge in [0.1, 0.15) is 41.5 Å². The fourth-order valence-electron chi connectivity index (χ4n) is 5.68. The lowest BCUT2D eigenvalue weighted by atomic mass is 9.84. The van der Waals surface area contributed by atoms with Crippen LogP contribution in [0.15, 0.2) is 29.4 Å². The smallest absolute Gasteiger partial charge is 0.255 e. The Bertz CT molecular complexity index is 1140. The predicted octanol–water partition coefficient (Wildman–Crippen LogP) is 1.68. The molecule has 0 spiro atoms. The third-order valence-electron chi connectivity index (χ3n) is 8.17. The average molecular weight is 548 g/mol. The van der Waals surface area contributed by atoms with E-state index in [0.29, 0.717) is 29.7 Å². The normalized spacial score (nSPS) is 32.5. The van der Waals surface area contributed by atoms with Gasteiger partial charge in [0.2, 0.25) is 0 Å². The van der Waals surface area contributed by atoms with Crippen LogP contribution in [0.2, 0.25) is 0 Å². The van der Waals surface area contributed by atoms with Crippen LogP contribution in [0, 0.1) is 0 Å². The highest BCUT2D eigenvalue weighted by molar-refractivity contribution is 6.00. The van der Waals surface area contributed by atoms with E-state index >= 15 is 0 Å².